The molecule has 0 amide bonds. The molecule has 4 aromatic heterocycles. The number of aryl methyl sites for hydroxylation is 2. The van der Waals surface area contributed by atoms with Gasteiger partial charge in [0.25, 0.3) is 5.56 Å². The van der Waals surface area contributed by atoms with Crippen molar-refractivity contribution in [2.45, 2.75) is 32.5 Å². The van der Waals surface area contributed by atoms with Crippen LogP contribution in [0, 0.1) is 25.5 Å². The second-order valence-corrected chi connectivity index (χ2v) is 9.31. The molecule has 5 heterocycles. The molecule has 0 aromatic carbocycles. The van der Waals surface area contributed by atoms with Gasteiger partial charge in [-0.05, 0) is 31.5 Å². The van der Waals surface area contributed by atoms with Crippen molar-refractivity contribution in [3.8, 4) is 22.8 Å². The first kappa shape index (κ1) is 25.8. The molecule has 9 nitrogen and oxygen atoms in total. The number of halogens is 3. The number of pyridine rings is 3. The molecule has 1 unspecified atom stereocenters. The Hall–Kier alpha value is -3.80. The molecular weight excluding hydrogens is 520 g/mol. The van der Waals surface area contributed by atoms with Crippen LogP contribution in [0.25, 0.3) is 17.1 Å². The van der Waals surface area contributed by atoms with Gasteiger partial charge in [-0.3, -0.25) is 19.3 Å². The summed E-state index contributed by atoms with van der Waals surface area (Å²) in [6.07, 6.45) is 4.40. The molecule has 1 saturated heterocycles. The van der Waals surface area contributed by atoms with Crippen molar-refractivity contribution in [3.63, 3.8) is 0 Å². The van der Waals surface area contributed by atoms with Crippen molar-refractivity contribution in [2.75, 3.05) is 13.2 Å². The molecule has 5 rings (SSSR count). The highest BCUT2D eigenvalue weighted by Gasteiger charge is 2.37. The summed E-state index contributed by atoms with van der Waals surface area (Å²) in [6, 6.07) is 5.60. The molecule has 0 spiro atoms. The first-order valence-corrected chi connectivity index (χ1v) is 12.0. The fourth-order valence-electron chi connectivity index (χ4n) is 4.13. The molecule has 4 aromatic rings. The lowest BCUT2D eigenvalue weighted by atomic mass is 10.0. The monoisotopic (exact) mass is 541 g/mol. The third kappa shape index (κ3) is 4.87. The molecular formula is C26H22ClF2N5O4. The third-order valence-corrected chi connectivity index (χ3v) is 6.55. The lowest BCUT2D eigenvalue weighted by Crippen LogP contribution is -2.28. The summed E-state index contributed by atoms with van der Waals surface area (Å²) in [5.74, 6) is -1.40. The molecule has 12 heteroatoms. The Bertz CT molecular complexity index is 1590. The summed E-state index contributed by atoms with van der Waals surface area (Å²) in [7, 11) is 0. The first-order chi connectivity index (χ1) is 18.2. The van der Waals surface area contributed by atoms with E-state index in [1.165, 1.54) is 10.8 Å². The van der Waals surface area contributed by atoms with Crippen LogP contribution in [0.1, 0.15) is 29.2 Å². The van der Waals surface area contributed by atoms with E-state index in [0.717, 1.165) is 6.20 Å². The van der Waals surface area contributed by atoms with Gasteiger partial charge in [0.05, 0.1) is 36.5 Å². The topological polar surface area (TPSA) is 112 Å². The van der Waals surface area contributed by atoms with Crippen molar-refractivity contribution in [1.29, 1.82) is 0 Å². The highest BCUT2D eigenvalue weighted by atomic mass is 35.5. The van der Waals surface area contributed by atoms with E-state index in [4.69, 9.17) is 21.1 Å². The van der Waals surface area contributed by atoms with Gasteiger partial charge in [-0.15, -0.1) is 0 Å². The number of ether oxygens (including phenoxy) is 2. The van der Waals surface area contributed by atoms with Crippen LogP contribution in [0.2, 0.25) is 5.02 Å². The standard InChI is InChI=1S/C26H22ClF2N5O4/c1-14-10-31-19(18-3-5-30-25(33-18)26(36)4-6-37-13-26)9-21(14)34-15(2)7-22(23(27)24(34)35)38-12-20-17(29)8-16(28)11-32-20/h3,5,7-11,36H,4,6,12-13H2,1-2H3. The van der Waals surface area contributed by atoms with Crippen LogP contribution >= 0.6 is 11.6 Å². The number of aromatic nitrogens is 5. The Labute approximate surface area is 220 Å². The number of rotatable bonds is 6. The zero-order chi connectivity index (χ0) is 27.0. The van der Waals surface area contributed by atoms with E-state index in [1.807, 2.05) is 0 Å². The Morgan fingerprint density at radius 3 is 2.71 bits per heavy atom. The minimum atomic E-state index is -1.27. The average Bonchev–Trinajstić information content (AvgIpc) is 3.35. The van der Waals surface area contributed by atoms with Gasteiger partial charge in [-0.2, -0.15) is 0 Å². The van der Waals surface area contributed by atoms with Crippen molar-refractivity contribution in [2.24, 2.45) is 0 Å². The van der Waals surface area contributed by atoms with E-state index in [0.29, 0.717) is 47.4 Å². The Kier molecular flexibility index (Phi) is 6.91. The van der Waals surface area contributed by atoms with Gasteiger partial charge in [-0.1, -0.05) is 11.6 Å². The van der Waals surface area contributed by atoms with E-state index >= 15 is 0 Å². The fourth-order valence-corrected chi connectivity index (χ4v) is 4.32. The lowest BCUT2D eigenvalue weighted by molar-refractivity contribution is 0.0154. The molecule has 0 aliphatic carbocycles. The molecule has 1 fully saturated rings. The molecule has 1 N–H and O–H groups in total. The summed E-state index contributed by atoms with van der Waals surface area (Å²) in [5.41, 5.74) is 0.653. The van der Waals surface area contributed by atoms with Crippen molar-refractivity contribution in [3.05, 3.63) is 92.6 Å². The summed E-state index contributed by atoms with van der Waals surface area (Å²) in [6.45, 7) is 3.66. The second kappa shape index (κ2) is 10.2. The molecule has 0 radical (unpaired) electrons. The Morgan fingerprint density at radius 2 is 1.97 bits per heavy atom. The minimum absolute atomic E-state index is 0.0374. The number of nitrogens with zero attached hydrogens (tertiary/aromatic N) is 5. The van der Waals surface area contributed by atoms with E-state index in [1.54, 1.807) is 38.2 Å². The maximum Gasteiger partial charge on any atom is 0.277 e. The van der Waals surface area contributed by atoms with Crippen molar-refractivity contribution in [1.82, 2.24) is 24.5 Å². The van der Waals surface area contributed by atoms with Gasteiger partial charge in [-0.25, -0.2) is 18.7 Å². The first-order valence-electron chi connectivity index (χ1n) is 11.6. The average molecular weight is 542 g/mol. The van der Waals surface area contributed by atoms with Gasteiger partial charge >= 0.3 is 0 Å². The normalized spacial score (nSPS) is 17.1. The fraction of sp³-hybridized carbons (Fsp3) is 0.269. The number of aliphatic hydroxyl groups is 1. The lowest BCUT2D eigenvalue weighted by Gasteiger charge is -2.19. The molecule has 196 valence electrons. The summed E-state index contributed by atoms with van der Waals surface area (Å²) in [4.78, 5) is 30.2. The highest BCUT2D eigenvalue weighted by molar-refractivity contribution is 6.31. The van der Waals surface area contributed by atoms with Gasteiger partial charge in [0.2, 0.25) is 0 Å². The van der Waals surface area contributed by atoms with Crippen LogP contribution in [-0.2, 0) is 16.9 Å². The summed E-state index contributed by atoms with van der Waals surface area (Å²) >= 11 is 6.36. The van der Waals surface area contributed by atoms with E-state index in [9.17, 15) is 18.7 Å². The summed E-state index contributed by atoms with van der Waals surface area (Å²) < 4.78 is 39.3. The predicted molar refractivity (Wildman–Crippen MR) is 133 cm³/mol. The molecule has 38 heavy (non-hydrogen) atoms. The van der Waals surface area contributed by atoms with Crippen LogP contribution in [0.3, 0.4) is 0 Å². The maximum absolute atomic E-state index is 13.9. The van der Waals surface area contributed by atoms with E-state index in [2.05, 4.69) is 19.9 Å². The molecule has 1 aliphatic heterocycles. The van der Waals surface area contributed by atoms with Crippen LogP contribution in [0.15, 0.2) is 47.7 Å². The smallest absolute Gasteiger partial charge is 0.277 e. The number of hydrogen-bond donors (Lipinski definition) is 1. The van der Waals surface area contributed by atoms with Gasteiger partial charge in [0.15, 0.2) is 11.6 Å². The van der Waals surface area contributed by atoms with Crippen LogP contribution < -0.4 is 10.3 Å². The Morgan fingerprint density at radius 1 is 1.16 bits per heavy atom. The van der Waals surface area contributed by atoms with Crippen molar-refractivity contribution >= 4 is 11.6 Å². The minimum Gasteiger partial charge on any atom is -0.485 e. The largest absolute Gasteiger partial charge is 0.485 e. The highest BCUT2D eigenvalue weighted by Crippen LogP contribution is 2.30. The van der Waals surface area contributed by atoms with Gasteiger partial charge < -0.3 is 14.6 Å². The van der Waals surface area contributed by atoms with Gasteiger partial charge in [0, 0.05) is 36.6 Å². The van der Waals surface area contributed by atoms with Crippen LogP contribution in [0.5, 0.6) is 5.75 Å². The molecule has 0 bridgehead atoms. The zero-order valence-corrected chi connectivity index (χ0v) is 21.2. The summed E-state index contributed by atoms with van der Waals surface area (Å²) in [5, 5.41) is 10.6. The second-order valence-electron chi connectivity index (χ2n) is 8.93. The quantitative estimate of drug-likeness (QED) is 0.392. The van der Waals surface area contributed by atoms with Gasteiger partial charge in [0.1, 0.15) is 34.5 Å². The van der Waals surface area contributed by atoms with Crippen molar-refractivity contribution < 1.29 is 23.4 Å². The van der Waals surface area contributed by atoms with E-state index < -0.39 is 22.8 Å². The Balaban J connectivity index is 1.49. The number of hydrogen-bond acceptors (Lipinski definition) is 8. The maximum atomic E-state index is 13.9. The zero-order valence-electron chi connectivity index (χ0n) is 20.4. The van der Waals surface area contributed by atoms with E-state index in [-0.39, 0.29) is 35.5 Å². The third-order valence-electron chi connectivity index (χ3n) is 6.20. The molecule has 1 aliphatic rings. The van der Waals surface area contributed by atoms with Crippen LogP contribution in [-0.4, -0.2) is 42.8 Å². The van der Waals surface area contributed by atoms with Crippen LogP contribution in [0.4, 0.5) is 8.78 Å². The SMILES string of the molecule is Cc1cnc(-c2ccnc(C3(O)CCOC3)n2)cc1-n1c(C)cc(OCc2ncc(F)cc2F)c(Cl)c1=O. The molecule has 1 atom stereocenters. The predicted octanol–water partition coefficient (Wildman–Crippen LogP) is 3.82. The molecule has 0 saturated carbocycles.